The summed E-state index contributed by atoms with van der Waals surface area (Å²) in [5.41, 5.74) is 2.07. The minimum absolute atomic E-state index is 0.0883. The van der Waals surface area contributed by atoms with Crippen LogP contribution in [-0.2, 0) is 6.67 Å². The summed E-state index contributed by atoms with van der Waals surface area (Å²) in [7, 11) is 0. The Labute approximate surface area is 155 Å². The molecule has 0 aliphatic carbocycles. The number of piperazine rings is 1. The summed E-state index contributed by atoms with van der Waals surface area (Å²) < 4.78 is 1.89. The summed E-state index contributed by atoms with van der Waals surface area (Å²) in [6, 6.07) is 12.8. The number of non-ortho nitro benzene ring substituents is 1. The van der Waals surface area contributed by atoms with Gasteiger partial charge in [-0.3, -0.25) is 19.7 Å². The van der Waals surface area contributed by atoms with Crippen LogP contribution < -0.4 is 4.90 Å². The van der Waals surface area contributed by atoms with Gasteiger partial charge in [-0.05, 0) is 18.2 Å². The van der Waals surface area contributed by atoms with Gasteiger partial charge in [-0.2, -0.15) is 5.10 Å². The number of nitro benzene ring substituents is 1. The van der Waals surface area contributed by atoms with Crippen molar-refractivity contribution in [1.82, 2.24) is 14.7 Å². The second-order valence-corrected chi connectivity index (χ2v) is 6.75. The number of nitrogens with zero attached hydrogens (tertiary/aromatic N) is 5. The first-order valence-electron chi connectivity index (χ1n) is 8.43. The van der Waals surface area contributed by atoms with Crippen molar-refractivity contribution < 1.29 is 4.92 Å². The lowest BCUT2D eigenvalue weighted by molar-refractivity contribution is -0.384. The van der Waals surface area contributed by atoms with Crippen LogP contribution in [0.25, 0.3) is 10.9 Å². The maximum atomic E-state index is 10.9. The molecule has 2 heterocycles. The van der Waals surface area contributed by atoms with E-state index in [0.29, 0.717) is 6.67 Å². The van der Waals surface area contributed by atoms with Gasteiger partial charge in [-0.25, -0.2) is 0 Å². The average Bonchev–Trinajstić information content (AvgIpc) is 3.05. The van der Waals surface area contributed by atoms with Crippen LogP contribution in [0.1, 0.15) is 0 Å². The molecule has 26 heavy (non-hydrogen) atoms. The molecular formula is C18H18ClN5O2. The SMILES string of the molecule is O=[N+]([O-])c1ccc2c(cnn2CN2CCN(c3ccccc3Cl)CC2)c1. The van der Waals surface area contributed by atoms with Crippen molar-refractivity contribution in [2.24, 2.45) is 0 Å². The summed E-state index contributed by atoms with van der Waals surface area (Å²) in [4.78, 5) is 15.1. The molecule has 1 fully saturated rings. The summed E-state index contributed by atoms with van der Waals surface area (Å²) in [6.45, 7) is 4.26. The zero-order valence-electron chi connectivity index (χ0n) is 14.1. The number of nitro groups is 1. The van der Waals surface area contributed by atoms with Gasteiger partial charge >= 0.3 is 0 Å². The third kappa shape index (κ3) is 3.23. The van der Waals surface area contributed by atoms with Gasteiger partial charge in [-0.15, -0.1) is 0 Å². The molecule has 8 heteroatoms. The van der Waals surface area contributed by atoms with Crippen LogP contribution in [0.15, 0.2) is 48.7 Å². The highest BCUT2D eigenvalue weighted by atomic mass is 35.5. The molecule has 1 aromatic heterocycles. The van der Waals surface area contributed by atoms with Crippen LogP contribution >= 0.6 is 11.6 Å². The zero-order valence-corrected chi connectivity index (χ0v) is 14.8. The molecule has 0 amide bonds. The lowest BCUT2D eigenvalue weighted by atomic mass is 10.2. The maximum absolute atomic E-state index is 10.9. The van der Waals surface area contributed by atoms with Gasteiger partial charge in [0.25, 0.3) is 5.69 Å². The number of hydrogen-bond donors (Lipinski definition) is 0. The minimum Gasteiger partial charge on any atom is -0.368 e. The van der Waals surface area contributed by atoms with Crippen molar-refractivity contribution in [2.75, 3.05) is 31.1 Å². The number of para-hydroxylation sites is 1. The van der Waals surface area contributed by atoms with E-state index in [-0.39, 0.29) is 10.6 Å². The van der Waals surface area contributed by atoms with Gasteiger partial charge < -0.3 is 4.90 Å². The number of halogens is 1. The second-order valence-electron chi connectivity index (χ2n) is 6.34. The molecule has 0 radical (unpaired) electrons. The van der Waals surface area contributed by atoms with E-state index in [9.17, 15) is 10.1 Å². The Hall–Kier alpha value is -2.64. The van der Waals surface area contributed by atoms with Crippen LogP contribution in [0.5, 0.6) is 0 Å². The molecule has 0 N–H and O–H groups in total. The van der Waals surface area contributed by atoms with Crippen molar-refractivity contribution in [3.63, 3.8) is 0 Å². The molecule has 1 aliphatic heterocycles. The van der Waals surface area contributed by atoms with Crippen LogP contribution in [0.4, 0.5) is 11.4 Å². The Kier molecular flexibility index (Phi) is 4.48. The number of fused-ring (bicyclic) bond motifs is 1. The van der Waals surface area contributed by atoms with Crippen molar-refractivity contribution in [3.8, 4) is 0 Å². The first-order valence-corrected chi connectivity index (χ1v) is 8.81. The van der Waals surface area contributed by atoms with E-state index in [1.165, 1.54) is 6.07 Å². The molecule has 0 unspecified atom stereocenters. The van der Waals surface area contributed by atoms with Crippen molar-refractivity contribution in [2.45, 2.75) is 6.67 Å². The Bertz CT molecular complexity index is 950. The minimum atomic E-state index is -0.384. The number of rotatable bonds is 4. The monoisotopic (exact) mass is 371 g/mol. The van der Waals surface area contributed by atoms with Gasteiger partial charge in [-0.1, -0.05) is 23.7 Å². The topological polar surface area (TPSA) is 67.4 Å². The largest absolute Gasteiger partial charge is 0.368 e. The smallest absolute Gasteiger partial charge is 0.270 e. The highest BCUT2D eigenvalue weighted by Gasteiger charge is 2.20. The molecule has 7 nitrogen and oxygen atoms in total. The van der Waals surface area contributed by atoms with Gasteiger partial charge in [0.05, 0.1) is 34.0 Å². The lowest BCUT2D eigenvalue weighted by Gasteiger charge is -2.36. The standard InChI is InChI=1S/C18H18ClN5O2/c19-16-3-1-2-4-18(16)22-9-7-21(8-10-22)13-23-17-6-5-15(24(25)26)11-14(17)12-20-23/h1-6,11-12H,7-10,13H2. The van der Waals surface area contributed by atoms with Crippen LogP contribution in [0.3, 0.4) is 0 Å². The maximum Gasteiger partial charge on any atom is 0.270 e. The van der Waals surface area contributed by atoms with E-state index in [4.69, 9.17) is 11.6 Å². The van der Waals surface area contributed by atoms with E-state index in [1.54, 1.807) is 18.3 Å². The molecule has 0 spiro atoms. The molecule has 1 saturated heterocycles. The molecule has 0 saturated carbocycles. The third-order valence-electron chi connectivity index (χ3n) is 4.74. The van der Waals surface area contributed by atoms with Crippen LogP contribution in [0, 0.1) is 10.1 Å². The van der Waals surface area contributed by atoms with E-state index in [2.05, 4.69) is 14.9 Å². The Morgan fingerprint density at radius 1 is 1.12 bits per heavy atom. The number of hydrogen-bond acceptors (Lipinski definition) is 5. The van der Waals surface area contributed by atoms with Gasteiger partial charge in [0.1, 0.15) is 0 Å². The van der Waals surface area contributed by atoms with Crippen LogP contribution in [0.2, 0.25) is 5.02 Å². The van der Waals surface area contributed by atoms with Crippen molar-refractivity contribution >= 4 is 33.9 Å². The summed E-state index contributed by atoms with van der Waals surface area (Å²) >= 11 is 6.29. The van der Waals surface area contributed by atoms with Crippen molar-refractivity contribution in [3.05, 3.63) is 63.8 Å². The number of anilines is 1. The van der Waals surface area contributed by atoms with E-state index in [0.717, 1.165) is 47.8 Å². The normalized spacial score (nSPS) is 15.5. The first-order chi connectivity index (χ1) is 12.6. The fourth-order valence-electron chi connectivity index (χ4n) is 3.33. The number of benzene rings is 2. The summed E-state index contributed by atoms with van der Waals surface area (Å²) in [5, 5.41) is 16.9. The number of aromatic nitrogens is 2. The zero-order chi connectivity index (χ0) is 18.1. The summed E-state index contributed by atoms with van der Waals surface area (Å²) in [5.74, 6) is 0. The van der Waals surface area contributed by atoms with E-state index in [1.807, 2.05) is 28.9 Å². The fraction of sp³-hybridized carbons (Fsp3) is 0.278. The molecule has 3 aromatic rings. The van der Waals surface area contributed by atoms with Crippen molar-refractivity contribution in [1.29, 1.82) is 0 Å². The molecule has 2 aromatic carbocycles. The fourth-order valence-corrected chi connectivity index (χ4v) is 3.58. The molecule has 4 rings (SSSR count). The summed E-state index contributed by atoms with van der Waals surface area (Å²) in [6.07, 6.45) is 1.68. The van der Waals surface area contributed by atoms with Gasteiger partial charge in [0.15, 0.2) is 0 Å². The first kappa shape index (κ1) is 16.8. The Balaban J connectivity index is 1.44. The highest BCUT2D eigenvalue weighted by Crippen LogP contribution is 2.26. The Morgan fingerprint density at radius 2 is 1.88 bits per heavy atom. The van der Waals surface area contributed by atoms with Gasteiger partial charge in [0.2, 0.25) is 0 Å². The van der Waals surface area contributed by atoms with Gasteiger partial charge in [0, 0.05) is 43.7 Å². The molecule has 134 valence electrons. The predicted molar refractivity (Wildman–Crippen MR) is 102 cm³/mol. The van der Waals surface area contributed by atoms with E-state index < -0.39 is 0 Å². The molecule has 0 bridgehead atoms. The quantitative estimate of drug-likeness (QED) is 0.519. The average molecular weight is 372 g/mol. The predicted octanol–water partition coefficient (Wildman–Crippen LogP) is 3.38. The molecular weight excluding hydrogens is 354 g/mol. The Morgan fingerprint density at radius 3 is 2.62 bits per heavy atom. The van der Waals surface area contributed by atoms with E-state index >= 15 is 0 Å². The lowest BCUT2D eigenvalue weighted by Crippen LogP contribution is -2.47. The third-order valence-corrected chi connectivity index (χ3v) is 5.06. The van der Waals surface area contributed by atoms with Crippen LogP contribution in [-0.4, -0.2) is 45.8 Å². The molecule has 1 aliphatic rings. The second kappa shape index (κ2) is 6.93. The highest BCUT2D eigenvalue weighted by molar-refractivity contribution is 6.33. The molecule has 0 atom stereocenters.